The Bertz CT molecular complexity index is 317. The Morgan fingerprint density at radius 3 is 2.42 bits per heavy atom. The number of methoxy groups -OCH3 is 1. The summed E-state index contributed by atoms with van der Waals surface area (Å²) >= 11 is 0. The lowest BCUT2D eigenvalue weighted by molar-refractivity contribution is 0.0639. The first-order valence-corrected chi connectivity index (χ1v) is 6.52. The fourth-order valence-corrected chi connectivity index (χ4v) is 1.82. The minimum Gasteiger partial charge on any atom is -0.445 e. The molecule has 1 amide bonds. The van der Waals surface area contributed by atoms with Crippen LogP contribution in [-0.4, -0.2) is 63.5 Å². The van der Waals surface area contributed by atoms with E-state index in [1.807, 2.05) is 20.8 Å². The SMILES string of the molecule is COCCOC(=O)N=C(N1CCOCC1)C(C)(C)C. The van der Waals surface area contributed by atoms with Gasteiger partial charge in [0.25, 0.3) is 0 Å². The first kappa shape index (κ1) is 15.9. The van der Waals surface area contributed by atoms with Crippen molar-refractivity contribution in [3.8, 4) is 0 Å². The lowest BCUT2D eigenvalue weighted by Gasteiger charge is -2.35. The van der Waals surface area contributed by atoms with Crippen molar-refractivity contribution in [2.45, 2.75) is 20.8 Å². The number of ether oxygens (including phenoxy) is 3. The number of nitrogens with zero attached hydrogens (tertiary/aromatic N) is 2. The quantitative estimate of drug-likeness (QED) is 0.443. The first-order valence-electron chi connectivity index (χ1n) is 6.52. The summed E-state index contributed by atoms with van der Waals surface area (Å²) in [6.45, 7) is 9.52. The van der Waals surface area contributed by atoms with E-state index in [0.717, 1.165) is 18.9 Å². The van der Waals surface area contributed by atoms with Gasteiger partial charge in [-0.05, 0) is 0 Å². The Morgan fingerprint density at radius 2 is 1.89 bits per heavy atom. The van der Waals surface area contributed by atoms with Crippen molar-refractivity contribution in [3.63, 3.8) is 0 Å². The summed E-state index contributed by atoms with van der Waals surface area (Å²) in [7, 11) is 1.56. The molecule has 0 radical (unpaired) electrons. The second kappa shape index (κ2) is 7.45. The molecule has 6 nitrogen and oxygen atoms in total. The standard InChI is InChI=1S/C13H24N2O4/c1-13(2,3)11(15-5-7-18-8-6-15)14-12(16)19-10-9-17-4/h5-10H2,1-4H3. The fraction of sp³-hybridized carbons (Fsp3) is 0.846. The average Bonchev–Trinajstić information content (AvgIpc) is 2.36. The van der Waals surface area contributed by atoms with Crippen LogP contribution in [0.25, 0.3) is 0 Å². The summed E-state index contributed by atoms with van der Waals surface area (Å²) < 4.78 is 15.1. The molecule has 0 aromatic heterocycles. The van der Waals surface area contributed by atoms with Crippen LogP contribution >= 0.6 is 0 Å². The zero-order chi connectivity index (χ0) is 14.3. The van der Waals surface area contributed by atoms with E-state index in [1.165, 1.54) is 0 Å². The van der Waals surface area contributed by atoms with Crippen molar-refractivity contribution >= 4 is 11.9 Å². The topological polar surface area (TPSA) is 60.4 Å². The van der Waals surface area contributed by atoms with Crippen LogP contribution in [-0.2, 0) is 14.2 Å². The van der Waals surface area contributed by atoms with Gasteiger partial charge in [-0.15, -0.1) is 0 Å². The molecular weight excluding hydrogens is 248 g/mol. The van der Waals surface area contributed by atoms with E-state index in [1.54, 1.807) is 7.11 Å². The molecule has 6 heteroatoms. The molecule has 0 aliphatic carbocycles. The molecule has 0 unspecified atom stereocenters. The van der Waals surface area contributed by atoms with E-state index in [0.29, 0.717) is 19.8 Å². The second-order valence-corrected chi connectivity index (χ2v) is 5.39. The molecule has 1 aliphatic heterocycles. The number of amidine groups is 1. The Hall–Kier alpha value is -1.14. The zero-order valence-electron chi connectivity index (χ0n) is 12.3. The highest BCUT2D eigenvalue weighted by atomic mass is 16.6. The summed E-state index contributed by atoms with van der Waals surface area (Å²) in [5, 5.41) is 0. The Balaban J connectivity index is 2.70. The van der Waals surface area contributed by atoms with Gasteiger partial charge in [0.15, 0.2) is 0 Å². The predicted molar refractivity (Wildman–Crippen MR) is 72.5 cm³/mol. The van der Waals surface area contributed by atoms with Gasteiger partial charge in [-0.1, -0.05) is 20.8 Å². The largest absolute Gasteiger partial charge is 0.445 e. The van der Waals surface area contributed by atoms with Gasteiger partial charge in [0.1, 0.15) is 12.4 Å². The summed E-state index contributed by atoms with van der Waals surface area (Å²) in [6, 6.07) is 0. The number of morpholine rings is 1. The van der Waals surface area contributed by atoms with Crippen LogP contribution in [0.2, 0.25) is 0 Å². The minimum atomic E-state index is -0.562. The molecule has 1 aliphatic rings. The molecule has 0 atom stereocenters. The number of carbonyl (C=O) groups is 1. The smallest absolute Gasteiger partial charge is 0.435 e. The molecule has 0 aromatic carbocycles. The van der Waals surface area contributed by atoms with E-state index >= 15 is 0 Å². The molecule has 1 rings (SSSR count). The summed E-state index contributed by atoms with van der Waals surface area (Å²) in [6.07, 6.45) is -0.562. The van der Waals surface area contributed by atoms with E-state index in [2.05, 4.69) is 9.89 Å². The zero-order valence-corrected chi connectivity index (χ0v) is 12.3. The minimum absolute atomic E-state index is 0.211. The number of carbonyl (C=O) groups excluding carboxylic acids is 1. The molecule has 1 saturated heterocycles. The predicted octanol–water partition coefficient (Wildman–Crippen LogP) is 1.55. The molecule has 0 bridgehead atoms. The van der Waals surface area contributed by atoms with Crippen molar-refractivity contribution in [1.82, 2.24) is 4.90 Å². The van der Waals surface area contributed by atoms with E-state index in [9.17, 15) is 4.79 Å². The van der Waals surface area contributed by atoms with Crippen LogP contribution in [0.5, 0.6) is 0 Å². The van der Waals surface area contributed by atoms with Crippen LogP contribution in [0.4, 0.5) is 4.79 Å². The number of amides is 1. The van der Waals surface area contributed by atoms with Crippen LogP contribution < -0.4 is 0 Å². The van der Waals surface area contributed by atoms with Gasteiger partial charge in [-0.25, -0.2) is 4.79 Å². The highest BCUT2D eigenvalue weighted by molar-refractivity contribution is 5.95. The van der Waals surface area contributed by atoms with Crippen molar-refractivity contribution in [2.24, 2.45) is 10.4 Å². The summed E-state index contributed by atoms with van der Waals surface area (Å²) in [5.41, 5.74) is -0.211. The Morgan fingerprint density at radius 1 is 1.26 bits per heavy atom. The molecular formula is C13H24N2O4. The maximum atomic E-state index is 11.7. The molecule has 0 N–H and O–H groups in total. The average molecular weight is 272 g/mol. The van der Waals surface area contributed by atoms with Gasteiger partial charge in [0.05, 0.1) is 19.8 Å². The van der Waals surface area contributed by atoms with Crippen molar-refractivity contribution in [1.29, 1.82) is 0 Å². The third-order valence-electron chi connectivity index (χ3n) is 2.69. The van der Waals surface area contributed by atoms with Gasteiger partial charge in [0.2, 0.25) is 0 Å². The Kier molecular flexibility index (Phi) is 6.24. The van der Waals surface area contributed by atoms with E-state index in [-0.39, 0.29) is 12.0 Å². The van der Waals surface area contributed by atoms with Gasteiger partial charge < -0.3 is 19.1 Å². The van der Waals surface area contributed by atoms with E-state index in [4.69, 9.17) is 14.2 Å². The van der Waals surface area contributed by atoms with E-state index < -0.39 is 6.09 Å². The number of hydrogen-bond acceptors (Lipinski definition) is 4. The number of aliphatic imine (C=N–C) groups is 1. The lowest BCUT2D eigenvalue weighted by Crippen LogP contribution is -2.46. The molecule has 110 valence electrons. The maximum absolute atomic E-state index is 11.7. The van der Waals surface area contributed by atoms with Crippen LogP contribution in [0.15, 0.2) is 4.99 Å². The second-order valence-electron chi connectivity index (χ2n) is 5.39. The first-order chi connectivity index (χ1) is 8.95. The van der Waals surface area contributed by atoms with Gasteiger partial charge in [-0.2, -0.15) is 4.99 Å². The molecule has 0 aromatic rings. The molecule has 1 fully saturated rings. The monoisotopic (exact) mass is 272 g/mol. The Labute approximate surface area is 114 Å². The van der Waals surface area contributed by atoms with Crippen LogP contribution in [0, 0.1) is 5.41 Å². The van der Waals surface area contributed by atoms with Crippen molar-refractivity contribution in [3.05, 3.63) is 0 Å². The van der Waals surface area contributed by atoms with Gasteiger partial charge >= 0.3 is 6.09 Å². The molecule has 0 spiro atoms. The summed E-state index contributed by atoms with van der Waals surface area (Å²) in [5.74, 6) is 0.748. The number of rotatable bonds is 3. The summed E-state index contributed by atoms with van der Waals surface area (Å²) in [4.78, 5) is 17.9. The maximum Gasteiger partial charge on any atom is 0.435 e. The molecule has 19 heavy (non-hydrogen) atoms. The normalized spacial score (nSPS) is 17.5. The lowest BCUT2D eigenvalue weighted by atomic mass is 9.93. The number of hydrogen-bond donors (Lipinski definition) is 0. The highest BCUT2D eigenvalue weighted by Crippen LogP contribution is 2.20. The third-order valence-corrected chi connectivity index (χ3v) is 2.69. The van der Waals surface area contributed by atoms with Crippen molar-refractivity contribution in [2.75, 3.05) is 46.6 Å². The van der Waals surface area contributed by atoms with Crippen LogP contribution in [0.1, 0.15) is 20.8 Å². The van der Waals surface area contributed by atoms with Crippen LogP contribution in [0.3, 0.4) is 0 Å². The van der Waals surface area contributed by atoms with Gasteiger partial charge in [-0.3, -0.25) is 0 Å². The molecule has 0 saturated carbocycles. The molecule has 1 heterocycles. The van der Waals surface area contributed by atoms with Gasteiger partial charge in [0, 0.05) is 25.6 Å². The highest BCUT2D eigenvalue weighted by Gasteiger charge is 2.27. The fourth-order valence-electron chi connectivity index (χ4n) is 1.82. The third kappa shape index (κ3) is 5.57. The van der Waals surface area contributed by atoms with Crippen molar-refractivity contribution < 1.29 is 19.0 Å².